The Morgan fingerprint density at radius 2 is 1.49 bits per heavy atom. The van der Waals surface area contributed by atoms with Crippen molar-refractivity contribution in [3.63, 3.8) is 0 Å². The number of benzene rings is 2. The van der Waals surface area contributed by atoms with Crippen molar-refractivity contribution < 1.29 is 19.1 Å². The molecule has 0 fully saturated rings. The number of hydrogen-bond acceptors (Lipinski definition) is 5. The minimum Gasteiger partial charge on any atom is -0.443 e. The molecule has 2 aromatic carbocycles. The molecule has 0 aliphatic heterocycles. The lowest BCUT2D eigenvalue weighted by molar-refractivity contribution is -0.137. The first-order valence-electron chi connectivity index (χ1n) is 17.7. The molecule has 4 aromatic rings. The van der Waals surface area contributed by atoms with Crippen molar-refractivity contribution in [2.75, 3.05) is 19.7 Å². The van der Waals surface area contributed by atoms with Crippen LogP contribution in [0.2, 0.25) is 0 Å². The Kier molecular flexibility index (Phi) is 12.1. The van der Waals surface area contributed by atoms with Crippen molar-refractivity contribution >= 4 is 23.0 Å². The summed E-state index contributed by atoms with van der Waals surface area (Å²) in [6, 6.07) is 18.6. The molecule has 264 valence electrons. The molecule has 0 spiro atoms. The van der Waals surface area contributed by atoms with Gasteiger partial charge in [-0.2, -0.15) is 0 Å². The Labute approximate surface area is 294 Å². The van der Waals surface area contributed by atoms with Crippen LogP contribution in [0.4, 0.5) is 4.79 Å². The van der Waals surface area contributed by atoms with Gasteiger partial charge in [-0.3, -0.25) is 4.79 Å². The number of carbonyl (C=O) groups excluding carboxylic acids is 2. The lowest BCUT2D eigenvalue weighted by Gasteiger charge is -2.34. The van der Waals surface area contributed by atoms with E-state index in [-0.39, 0.29) is 5.91 Å². The summed E-state index contributed by atoms with van der Waals surface area (Å²) in [7, 11) is 0. The van der Waals surface area contributed by atoms with Crippen LogP contribution in [0.25, 0.3) is 22.3 Å². The first-order valence-corrected chi connectivity index (χ1v) is 17.7. The number of nitrogens with zero attached hydrogens (tertiary/aromatic N) is 3. The average molecular weight is 668 g/mol. The van der Waals surface area contributed by atoms with Gasteiger partial charge in [-0.25, -0.2) is 14.3 Å². The quantitative estimate of drug-likeness (QED) is 0.133. The number of aryl methyl sites for hydroxylation is 3. The van der Waals surface area contributed by atoms with Gasteiger partial charge in [0, 0.05) is 31.3 Å². The third kappa shape index (κ3) is 9.60. The summed E-state index contributed by atoms with van der Waals surface area (Å²) >= 11 is 0. The lowest BCUT2D eigenvalue weighted by atomic mass is 9.83. The topological polar surface area (TPSA) is 73.7 Å². The number of rotatable bonds is 13. The van der Waals surface area contributed by atoms with Crippen LogP contribution >= 0.6 is 0 Å². The zero-order valence-corrected chi connectivity index (χ0v) is 31.6. The smallest absolute Gasteiger partial charge is 0.420 e. The number of hydrogen-bond donors (Lipinski definition) is 0. The van der Waals surface area contributed by atoms with Gasteiger partial charge in [0.2, 0.25) is 5.91 Å². The van der Waals surface area contributed by atoms with Crippen LogP contribution in [0.5, 0.6) is 0 Å². The van der Waals surface area contributed by atoms with Crippen molar-refractivity contribution in [2.45, 2.75) is 107 Å². The van der Waals surface area contributed by atoms with Crippen LogP contribution in [0.3, 0.4) is 0 Å². The average Bonchev–Trinajstić information content (AvgIpc) is 3.32. The summed E-state index contributed by atoms with van der Waals surface area (Å²) in [6.07, 6.45) is 2.67. The van der Waals surface area contributed by atoms with E-state index in [1.165, 1.54) is 0 Å². The molecule has 0 aliphatic rings. The van der Waals surface area contributed by atoms with Gasteiger partial charge in [0.25, 0.3) is 0 Å². The molecule has 0 atom stereocenters. The van der Waals surface area contributed by atoms with E-state index in [0.29, 0.717) is 50.2 Å². The van der Waals surface area contributed by atoms with Gasteiger partial charge in [0.15, 0.2) is 0 Å². The summed E-state index contributed by atoms with van der Waals surface area (Å²) in [5.74, 6) is 0.768. The van der Waals surface area contributed by atoms with E-state index >= 15 is 0 Å². The van der Waals surface area contributed by atoms with E-state index in [9.17, 15) is 9.59 Å². The molecule has 0 unspecified atom stereocenters. The van der Waals surface area contributed by atoms with Crippen LogP contribution in [0.15, 0.2) is 60.8 Å². The Bertz CT molecular complexity index is 1720. The molecular formula is C42H57N3O4. The van der Waals surface area contributed by atoms with Gasteiger partial charge >= 0.3 is 6.09 Å². The molecule has 0 aliphatic carbocycles. The lowest BCUT2D eigenvalue weighted by Crippen LogP contribution is -2.46. The maximum atomic E-state index is 14.3. The molecule has 7 nitrogen and oxygen atoms in total. The molecule has 49 heavy (non-hydrogen) atoms. The summed E-state index contributed by atoms with van der Waals surface area (Å²) in [6.45, 7) is 24.8. The Morgan fingerprint density at radius 1 is 0.878 bits per heavy atom. The second-order valence-electron chi connectivity index (χ2n) is 15.9. The van der Waals surface area contributed by atoms with Gasteiger partial charge in [-0.1, -0.05) is 75.2 Å². The highest BCUT2D eigenvalue weighted by Gasteiger charge is 2.36. The number of amides is 1. The third-order valence-electron chi connectivity index (χ3n) is 8.53. The fourth-order valence-electron chi connectivity index (χ4n) is 6.48. The fraction of sp³-hybridized carbons (Fsp3) is 0.500. The molecule has 4 rings (SSSR count). The molecule has 2 heterocycles. The first-order chi connectivity index (χ1) is 23.0. The van der Waals surface area contributed by atoms with Crippen LogP contribution in [-0.2, 0) is 32.7 Å². The van der Waals surface area contributed by atoms with Crippen LogP contribution in [-0.4, -0.2) is 51.7 Å². The van der Waals surface area contributed by atoms with Crippen molar-refractivity contribution in [3.8, 4) is 11.3 Å². The number of ether oxygens (including phenoxy) is 2. The van der Waals surface area contributed by atoms with E-state index in [1.54, 1.807) is 10.8 Å². The maximum Gasteiger partial charge on any atom is 0.420 e. The highest BCUT2D eigenvalue weighted by atomic mass is 16.6. The van der Waals surface area contributed by atoms with E-state index in [0.717, 1.165) is 50.9 Å². The minimum atomic E-state index is -0.838. The number of fused-ring (bicyclic) bond motifs is 1. The number of aromatic nitrogens is 2. The van der Waals surface area contributed by atoms with E-state index < -0.39 is 17.1 Å². The van der Waals surface area contributed by atoms with E-state index in [1.807, 2.05) is 57.7 Å². The van der Waals surface area contributed by atoms with Crippen molar-refractivity contribution in [1.82, 2.24) is 14.5 Å². The summed E-state index contributed by atoms with van der Waals surface area (Å²) < 4.78 is 13.7. The SMILES string of the molecule is Cc1cc(C)cc(-c2c(CCCOCc3ccccc3)c3cc(C(C)(C)C(=O)N(CC(C)C)CC(C)C)cnc3n2C(=O)OC(C)(C)C)c1. The minimum absolute atomic E-state index is 0.0769. The van der Waals surface area contributed by atoms with Crippen molar-refractivity contribution in [3.05, 3.63) is 88.6 Å². The van der Waals surface area contributed by atoms with Gasteiger partial charge in [-0.05, 0) is 114 Å². The molecule has 7 heteroatoms. The largest absolute Gasteiger partial charge is 0.443 e. The molecule has 1 amide bonds. The van der Waals surface area contributed by atoms with Crippen LogP contribution in [0, 0.1) is 25.7 Å². The van der Waals surface area contributed by atoms with Gasteiger partial charge in [0.05, 0.1) is 17.7 Å². The summed E-state index contributed by atoms with van der Waals surface area (Å²) in [4.78, 5) is 35.3. The normalized spacial score (nSPS) is 12.3. The number of carbonyl (C=O) groups is 2. The highest BCUT2D eigenvalue weighted by molar-refractivity contribution is 5.99. The van der Waals surface area contributed by atoms with Crippen molar-refractivity contribution in [1.29, 1.82) is 0 Å². The predicted molar refractivity (Wildman–Crippen MR) is 200 cm³/mol. The Balaban J connectivity index is 1.87. The highest BCUT2D eigenvalue weighted by Crippen LogP contribution is 2.38. The first kappa shape index (κ1) is 37.8. The van der Waals surface area contributed by atoms with E-state index in [4.69, 9.17) is 14.5 Å². The molecule has 2 aromatic heterocycles. The fourth-order valence-corrected chi connectivity index (χ4v) is 6.48. The zero-order valence-electron chi connectivity index (χ0n) is 31.6. The standard InChI is InChI=1S/C42H57N3O4/c1-28(2)25-44(26-29(3)4)39(46)42(10,11)34-23-36-35(18-15-19-48-27-32-16-13-12-14-17-32)37(33-21-30(5)20-31(6)22-33)45(38(36)43-24-34)40(47)49-41(7,8)9/h12-14,16-17,20-24,28-29H,15,18-19,25-27H2,1-11H3. The summed E-state index contributed by atoms with van der Waals surface area (Å²) in [5.41, 5.74) is 5.82. The second-order valence-corrected chi connectivity index (χ2v) is 15.9. The molecular weight excluding hydrogens is 610 g/mol. The van der Waals surface area contributed by atoms with E-state index in [2.05, 4.69) is 77.9 Å². The van der Waals surface area contributed by atoms with Crippen LogP contribution < -0.4 is 0 Å². The molecule has 0 N–H and O–H groups in total. The van der Waals surface area contributed by atoms with Gasteiger partial charge in [-0.15, -0.1) is 0 Å². The number of pyridine rings is 1. The molecule has 0 saturated carbocycles. The Morgan fingerprint density at radius 3 is 2.06 bits per heavy atom. The maximum absolute atomic E-state index is 14.3. The Hall–Kier alpha value is -3.97. The molecule has 0 bridgehead atoms. The van der Waals surface area contributed by atoms with Crippen molar-refractivity contribution in [2.24, 2.45) is 11.8 Å². The zero-order chi connectivity index (χ0) is 36.1. The van der Waals surface area contributed by atoms with Crippen LogP contribution in [0.1, 0.15) is 96.6 Å². The monoisotopic (exact) mass is 667 g/mol. The van der Waals surface area contributed by atoms with Gasteiger partial charge in [0.1, 0.15) is 11.2 Å². The van der Waals surface area contributed by atoms with Gasteiger partial charge < -0.3 is 14.4 Å². The summed E-state index contributed by atoms with van der Waals surface area (Å²) in [5, 5.41) is 0.848. The third-order valence-corrected chi connectivity index (χ3v) is 8.53. The molecule has 0 radical (unpaired) electrons. The molecule has 0 saturated heterocycles. The second kappa shape index (κ2) is 15.7. The predicted octanol–water partition coefficient (Wildman–Crippen LogP) is 9.67.